The van der Waals surface area contributed by atoms with E-state index in [0.717, 1.165) is 56.7 Å². The van der Waals surface area contributed by atoms with E-state index < -0.39 is 0 Å². The number of nitrogens with zero attached hydrogens (tertiary/aromatic N) is 2. The van der Waals surface area contributed by atoms with Gasteiger partial charge in [-0.2, -0.15) is 5.10 Å². The predicted molar refractivity (Wildman–Crippen MR) is 75.5 cm³/mol. The number of aromatic nitrogens is 2. The maximum absolute atomic E-state index is 12.5. The number of likely N-dealkylation sites (tertiary alicyclic amines) is 1. The number of nitrogens with one attached hydrogen (secondary N) is 2. The molecule has 2 N–H and O–H groups in total. The minimum absolute atomic E-state index is 0. The number of hydrogen-bond donors (Lipinski definition) is 2. The molecule has 3 heterocycles. The summed E-state index contributed by atoms with van der Waals surface area (Å²) < 4.78 is 0. The Morgan fingerprint density at radius 3 is 3.11 bits per heavy atom. The van der Waals surface area contributed by atoms with Gasteiger partial charge in [0.25, 0.3) is 5.91 Å². The van der Waals surface area contributed by atoms with Gasteiger partial charge in [-0.15, -0.1) is 12.4 Å². The van der Waals surface area contributed by atoms with Crippen LogP contribution in [0.25, 0.3) is 0 Å². The summed E-state index contributed by atoms with van der Waals surface area (Å²) in [6, 6.07) is 0. The summed E-state index contributed by atoms with van der Waals surface area (Å²) >= 11 is 0. The molecule has 6 heteroatoms. The Labute approximate surface area is 119 Å². The summed E-state index contributed by atoms with van der Waals surface area (Å²) in [5, 5.41) is 10.6. The average Bonchev–Trinajstić information content (AvgIpc) is 3.04. The molecule has 1 unspecified atom stereocenters. The zero-order valence-corrected chi connectivity index (χ0v) is 12.1. The lowest BCUT2D eigenvalue weighted by Crippen LogP contribution is -2.31. The van der Waals surface area contributed by atoms with Gasteiger partial charge in [0.15, 0.2) is 5.69 Å². The Morgan fingerprint density at radius 1 is 1.53 bits per heavy atom. The molecule has 0 aromatic carbocycles. The molecule has 0 aliphatic carbocycles. The fourth-order valence-electron chi connectivity index (χ4n) is 2.90. The third kappa shape index (κ3) is 2.62. The van der Waals surface area contributed by atoms with Crippen LogP contribution in [-0.2, 0) is 13.0 Å². The standard InChI is InChI=1S/C13H20N4O.ClH/c1-2-9-4-6-17(8-9)13(18)12-10-7-14-5-3-11(10)15-16-12;/h9,14H,2-8H2,1H3,(H,15,16);1H. The summed E-state index contributed by atoms with van der Waals surface area (Å²) in [6.45, 7) is 5.69. The summed E-state index contributed by atoms with van der Waals surface area (Å²) in [5.41, 5.74) is 2.84. The van der Waals surface area contributed by atoms with E-state index >= 15 is 0 Å². The molecule has 0 bridgehead atoms. The normalized spacial score (nSPS) is 21.9. The molecule has 5 nitrogen and oxygen atoms in total. The first kappa shape index (κ1) is 14.3. The molecule has 0 saturated carbocycles. The highest BCUT2D eigenvalue weighted by molar-refractivity contribution is 5.94. The van der Waals surface area contributed by atoms with Gasteiger partial charge in [-0.25, -0.2) is 0 Å². The van der Waals surface area contributed by atoms with Crippen LogP contribution in [-0.4, -0.2) is 40.6 Å². The lowest BCUT2D eigenvalue weighted by Gasteiger charge is -2.17. The number of fused-ring (bicyclic) bond motifs is 1. The smallest absolute Gasteiger partial charge is 0.274 e. The van der Waals surface area contributed by atoms with E-state index in [9.17, 15) is 4.79 Å². The number of carbonyl (C=O) groups excluding carboxylic acids is 1. The number of amides is 1. The van der Waals surface area contributed by atoms with Crippen molar-refractivity contribution in [3.05, 3.63) is 17.0 Å². The molecule has 19 heavy (non-hydrogen) atoms. The lowest BCUT2D eigenvalue weighted by atomic mass is 10.1. The fraction of sp³-hybridized carbons (Fsp3) is 0.692. The second-order valence-electron chi connectivity index (χ2n) is 5.27. The number of carbonyl (C=O) groups is 1. The molecule has 2 aliphatic heterocycles. The maximum Gasteiger partial charge on any atom is 0.274 e. The van der Waals surface area contributed by atoms with Crippen molar-refractivity contribution in [2.75, 3.05) is 19.6 Å². The second-order valence-corrected chi connectivity index (χ2v) is 5.27. The Hall–Kier alpha value is -1.07. The summed E-state index contributed by atoms with van der Waals surface area (Å²) in [6.07, 6.45) is 3.23. The summed E-state index contributed by atoms with van der Waals surface area (Å²) in [7, 11) is 0. The molecule has 0 radical (unpaired) electrons. The van der Waals surface area contributed by atoms with Crippen LogP contribution in [0.4, 0.5) is 0 Å². The first-order chi connectivity index (χ1) is 8.79. The molecule has 1 aromatic rings. The number of H-pyrrole nitrogens is 1. The zero-order valence-electron chi connectivity index (χ0n) is 11.2. The number of halogens is 1. The van der Waals surface area contributed by atoms with Gasteiger partial charge in [0, 0.05) is 43.9 Å². The van der Waals surface area contributed by atoms with Crippen LogP contribution in [0, 0.1) is 5.92 Å². The van der Waals surface area contributed by atoms with Crippen LogP contribution in [0.5, 0.6) is 0 Å². The first-order valence-electron chi connectivity index (χ1n) is 6.85. The molecular formula is C13H21ClN4O. The predicted octanol–water partition coefficient (Wildman–Crippen LogP) is 1.35. The average molecular weight is 285 g/mol. The minimum atomic E-state index is 0. The summed E-state index contributed by atoms with van der Waals surface area (Å²) in [5.74, 6) is 0.772. The molecule has 0 spiro atoms. The van der Waals surface area contributed by atoms with E-state index in [1.165, 1.54) is 0 Å². The van der Waals surface area contributed by atoms with Gasteiger partial charge in [-0.05, 0) is 12.3 Å². The van der Waals surface area contributed by atoms with Gasteiger partial charge in [-0.3, -0.25) is 9.89 Å². The number of hydrogen-bond acceptors (Lipinski definition) is 3. The maximum atomic E-state index is 12.5. The Balaban J connectivity index is 0.00000133. The van der Waals surface area contributed by atoms with Crippen molar-refractivity contribution in [2.45, 2.75) is 32.7 Å². The van der Waals surface area contributed by atoms with Crippen LogP contribution in [0.3, 0.4) is 0 Å². The molecular weight excluding hydrogens is 264 g/mol. The van der Waals surface area contributed by atoms with Crippen LogP contribution >= 0.6 is 12.4 Å². The SMILES string of the molecule is CCC1CCN(C(=O)c2n[nH]c3c2CNCC3)C1.Cl. The fourth-order valence-corrected chi connectivity index (χ4v) is 2.90. The highest BCUT2D eigenvalue weighted by Crippen LogP contribution is 2.23. The van der Waals surface area contributed by atoms with Gasteiger partial charge >= 0.3 is 0 Å². The van der Waals surface area contributed by atoms with Gasteiger partial charge in [0.2, 0.25) is 0 Å². The quantitative estimate of drug-likeness (QED) is 0.862. The third-order valence-corrected chi connectivity index (χ3v) is 4.16. The largest absolute Gasteiger partial charge is 0.337 e. The minimum Gasteiger partial charge on any atom is -0.337 e. The van der Waals surface area contributed by atoms with Crippen LogP contribution < -0.4 is 5.32 Å². The molecule has 3 rings (SSSR count). The molecule has 106 valence electrons. The van der Waals surface area contributed by atoms with Crippen LogP contribution in [0.2, 0.25) is 0 Å². The Kier molecular flexibility index (Phi) is 4.47. The van der Waals surface area contributed by atoms with Gasteiger partial charge in [0.1, 0.15) is 0 Å². The Morgan fingerprint density at radius 2 is 2.37 bits per heavy atom. The first-order valence-corrected chi connectivity index (χ1v) is 6.85. The van der Waals surface area contributed by atoms with Gasteiger partial charge in [0.05, 0.1) is 0 Å². The van der Waals surface area contributed by atoms with Crippen molar-refractivity contribution >= 4 is 18.3 Å². The molecule has 2 aliphatic rings. The topological polar surface area (TPSA) is 61.0 Å². The molecule has 1 fully saturated rings. The lowest BCUT2D eigenvalue weighted by molar-refractivity contribution is 0.0779. The van der Waals surface area contributed by atoms with E-state index in [1.54, 1.807) is 0 Å². The van der Waals surface area contributed by atoms with E-state index in [0.29, 0.717) is 11.6 Å². The van der Waals surface area contributed by atoms with Crippen LogP contribution in [0.15, 0.2) is 0 Å². The molecule has 1 aromatic heterocycles. The summed E-state index contributed by atoms with van der Waals surface area (Å²) in [4.78, 5) is 14.4. The highest BCUT2D eigenvalue weighted by atomic mass is 35.5. The van der Waals surface area contributed by atoms with E-state index in [2.05, 4.69) is 22.4 Å². The second kappa shape index (κ2) is 5.92. The molecule has 1 atom stereocenters. The van der Waals surface area contributed by atoms with Gasteiger partial charge in [-0.1, -0.05) is 13.3 Å². The highest BCUT2D eigenvalue weighted by Gasteiger charge is 2.30. The van der Waals surface area contributed by atoms with Crippen molar-refractivity contribution in [1.29, 1.82) is 0 Å². The van der Waals surface area contributed by atoms with E-state index in [-0.39, 0.29) is 18.3 Å². The van der Waals surface area contributed by atoms with Crippen molar-refractivity contribution in [3.8, 4) is 0 Å². The molecule has 1 amide bonds. The third-order valence-electron chi connectivity index (χ3n) is 4.16. The monoisotopic (exact) mass is 284 g/mol. The van der Waals surface area contributed by atoms with E-state index in [1.807, 2.05) is 4.90 Å². The number of aromatic amines is 1. The van der Waals surface area contributed by atoms with E-state index in [4.69, 9.17) is 0 Å². The molecule has 1 saturated heterocycles. The van der Waals surface area contributed by atoms with Crippen molar-refractivity contribution in [1.82, 2.24) is 20.4 Å². The van der Waals surface area contributed by atoms with Crippen molar-refractivity contribution < 1.29 is 4.79 Å². The van der Waals surface area contributed by atoms with Gasteiger partial charge < -0.3 is 10.2 Å². The number of rotatable bonds is 2. The van der Waals surface area contributed by atoms with Crippen molar-refractivity contribution in [3.63, 3.8) is 0 Å². The Bertz CT molecular complexity index is 459. The van der Waals surface area contributed by atoms with Crippen molar-refractivity contribution in [2.24, 2.45) is 5.92 Å². The van der Waals surface area contributed by atoms with Crippen LogP contribution in [0.1, 0.15) is 41.5 Å². The zero-order chi connectivity index (χ0) is 12.5.